The summed E-state index contributed by atoms with van der Waals surface area (Å²) in [5.41, 5.74) is -0.530. The van der Waals surface area contributed by atoms with E-state index >= 15 is 0 Å². The molecule has 0 radical (unpaired) electrons. The summed E-state index contributed by atoms with van der Waals surface area (Å²) in [5, 5.41) is 7.41. The summed E-state index contributed by atoms with van der Waals surface area (Å²) in [6, 6.07) is 1.90. The first-order chi connectivity index (χ1) is 12.9. The number of nitrogens with zero attached hydrogens (tertiary/aromatic N) is 4. The summed E-state index contributed by atoms with van der Waals surface area (Å²) >= 11 is 0. The fourth-order valence-electron chi connectivity index (χ4n) is 4.32. The Hall–Kier alpha value is -2.42. The number of piperazine rings is 1. The van der Waals surface area contributed by atoms with Crippen LogP contribution in [0.1, 0.15) is 18.4 Å². The number of hydrogen-bond acceptors (Lipinski definition) is 4. The third kappa shape index (κ3) is 2.63. The molecule has 2 aromatic heterocycles. The molecule has 1 aromatic carbocycles. The Labute approximate surface area is 152 Å². The maximum Gasteiger partial charge on any atom is 0.416 e. The molecule has 1 N–H and O–H groups in total. The van der Waals surface area contributed by atoms with E-state index in [1.807, 2.05) is 0 Å². The largest absolute Gasteiger partial charge is 0.416 e. The zero-order valence-corrected chi connectivity index (χ0v) is 14.4. The van der Waals surface area contributed by atoms with Gasteiger partial charge in [-0.25, -0.2) is 9.37 Å². The van der Waals surface area contributed by atoms with Crippen LogP contribution in [0.2, 0.25) is 0 Å². The molecule has 2 saturated heterocycles. The van der Waals surface area contributed by atoms with Crippen molar-refractivity contribution in [3.8, 4) is 0 Å². The maximum atomic E-state index is 14.6. The number of H-pyrrole nitrogens is 1. The molecule has 27 heavy (non-hydrogen) atoms. The standard InChI is InChI=1S/C18H17F4N5/c19-14-7-10(18(20,21)22)6-12-13-8-23-25-16(13)17(24-15(12)14)27-5-4-26-3-1-2-11(26)9-27/h6-8,11H,1-5,9H2,(H,23,25). The Morgan fingerprint density at radius 2 is 1.96 bits per heavy atom. The third-order valence-electron chi connectivity index (χ3n) is 5.65. The average Bonchev–Trinajstić information content (AvgIpc) is 3.29. The highest BCUT2D eigenvalue weighted by atomic mass is 19.4. The van der Waals surface area contributed by atoms with Gasteiger partial charge in [0.1, 0.15) is 16.9 Å². The van der Waals surface area contributed by atoms with E-state index in [-0.39, 0.29) is 10.9 Å². The topological polar surface area (TPSA) is 48.1 Å². The number of rotatable bonds is 1. The number of anilines is 1. The zero-order chi connectivity index (χ0) is 18.8. The van der Waals surface area contributed by atoms with Crippen LogP contribution in [-0.2, 0) is 6.18 Å². The molecule has 142 valence electrons. The number of aromatic nitrogens is 3. The molecule has 0 aliphatic carbocycles. The summed E-state index contributed by atoms with van der Waals surface area (Å²) in [7, 11) is 0. The van der Waals surface area contributed by atoms with Crippen molar-refractivity contribution in [2.45, 2.75) is 25.1 Å². The predicted molar refractivity (Wildman–Crippen MR) is 93.2 cm³/mol. The third-order valence-corrected chi connectivity index (χ3v) is 5.65. The Balaban J connectivity index is 1.67. The smallest absolute Gasteiger partial charge is 0.352 e. The highest BCUT2D eigenvalue weighted by molar-refractivity contribution is 6.08. The molecular formula is C18H17F4N5. The van der Waals surface area contributed by atoms with E-state index in [9.17, 15) is 17.6 Å². The molecule has 5 rings (SSSR count). The molecule has 2 fully saturated rings. The van der Waals surface area contributed by atoms with Crippen LogP contribution in [0.5, 0.6) is 0 Å². The van der Waals surface area contributed by atoms with Crippen LogP contribution in [0.25, 0.3) is 21.8 Å². The minimum Gasteiger partial charge on any atom is -0.352 e. The lowest BCUT2D eigenvalue weighted by Crippen LogP contribution is -2.50. The molecule has 0 amide bonds. The number of pyridine rings is 1. The molecule has 1 unspecified atom stereocenters. The van der Waals surface area contributed by atoms with Gasteiger partial charge in [-0.15, -0.1) is 0 Å². The molecular weight excluding hydrogens is 362 g/mol. The highest BCUT2D eigenvalue weighted by Gasteiger charge is 2.34. The minimum atomic E-state index is -4.62. The molecule has 9 heteroatoms. The van der Waals surface area contributed by atoms with Gasteiger partial charge >= 0.3 is 6.18 Å². The van der Waals surface area contributed by atoms with Gasteiger partial charge in [0.05, 0.1) is 11.8 Å². The van der Waals surface area contributed by atoms with Crippen molar-refractivity contribution in [3.05, 3.63) is 29.7 Å². The summed E-state index contributed by atoms with van der Waals surface area (Å²) in [5.74, 6) is -0.413. The van der Waals surface area contributed by atoms with Crippen LogP contribution in [-0.4, -0.2) is 52.3 Å². The van der Waals surface area contributed by atoms with Gasteiger partial charge in [-0.05, 0) is 31.5 Å². The van der Waals surface area contributed by atoms with E-state index in [0.29, 0.717) is 28.8 Å². The number of alkyl halides is 3. The van der Waals surface area contributed by atoms with Crippen LogP contribution in [0.4, 0.5) is 23.4 Å². The van der Waals surface area contributed by atoms with Crippen LogP contribution in [0.3, 0.4) is 0 Å². The average molecular weight is 379 g/mol. The lowest BCUT2D eigenvalue weighted by atomic mass is 10.1. The fourth-order valence-corrected chi connectivity index (χ4v) is 4.32. The van der Waals surface area contributed by atoms with Gasteiger partial charge in [-0.1, -0.05) is 0 Å². The number of nitrogens with one attached hydrogen (secondary N) is 1. The normalized spacial score (nSPS) is 21.3. The van der Waals surface area contributed by atoms with E-state index in [4.69, 9.17) is 0 Å². The quantitative estimate of drug-likeness (QED) is 0.657. The lowest BCUT2D eigenvalue weighted by molar-refractivity contribution is -0.137. The number of halogens is 4. The second kappa shape index (κ2) is 5.79. The zero-order valence-electron chi connectivity index (χ0n) is 14.4. The Bertz CT molecular complexity index is 1030. The SMILES string of the molecule is Fc1cc(C(F)(F)F)cc2c1nc(N1CCN3CCCC3C1)c1[nH]ncc12. The van der Waals surface area contributed by atoms with Crippen LogP contribution in [0, 0.1) is 5.82 Å². The van der Waals surface area contributed by atoms with E-state index in [0.717, 1.165) is 45.1 Å². The van der Waals surface area contributed by atoms with E-state index in [1.54, 1.807) is 0 Å². The summed E-state index contributed by atoms with van der Waals surface area (Å²) in [6.45, 7) is 3.51. The molecule has 2 aliphatic rings. The molecule has 0 saturated carbocycles. The molecule has 0 spiro atoms. The number of aromatic amines is 1. The van der Waals surface area contributed by atoms with Crippen molar-refractivity contribution in [1.29, 1.82) is 0 Å². The van der Waals surface area contributed by atoms with Crippen molar-refractivity contribution in [2.75, 3.05) is 31.1 Å². The predicted octanol–water partition coefficient (Wildman–Crippen LogP) is 3.55. The van der Waals surface area contributed by atoms with Gasteiger partial charge in [0, 0.05) is 36.4 Å². The monoisotopic (exact) mass is 379 g/mol. The second-order valence-electron chi connectivity index (χ2n) is 7.22. The minimum absolute atomic E-state index is 0.0549. The van der Waals surface area contributed by atoms with Crippen molar-refractivity contribution in [2.24, 2.45) is 0 Å². The molecule has 3 aromatic rings. The second-order valence-corrected chi connectivity index (χ2v) is 7.22. The van der Waals surface area contributed by atoms with Crippen LogP contribution in [0.15, 0.2) is 18.3 Å². The molecule has 0 bridgehead atoms. The molecule has 2 aliphatic heterocycles. The van der Waals surface area contributed by atoms with Gasteiger partial charge in [0.2, 0.25) is 0 Å². The van der Waals surface area contributed by atoms with Crippen molar-refractivity contribution >= 4 is 27.6 Å². The van der Waals surface area contributed by atoms with E-state index in [1.165, 1.54) is 6.20 Å². The van der Waals surface area contributed by atoms with E-state index < -0.39 is 17.6 Å². The van der Waals surface area contributed by atoms with Gasteiger partial charge in [0.15, 0.2) is 5.82 Å². The van der Waals surface area contributed by atoms with Crippen LogP contribution < -0.4 is 4.90 Å². The van der Waals surface area contributed by atoms with Gasteiger partial charge in [-0.3, -0.25) is 10.00 Å². The lowest BCUT2D eigenvalue weighted by Gasteiger charge is -2.38. The maximum absolute atomic E-state index is 14.6. The van der Waals surface area contributed by atoms with Gasteiger partial charge in [0.25, 0.3) is 0 Å². The first-order valence-corrected chi connectivity index (χ1v) is 8.94. The van der Waals surface area contributed by atoms with Crippen LogP contribution >= 0.6 is 0 Å². The fraction of sp³-hybridized carbons (Fsp3) is 0.444. The number of fused-ring (bicyclic) bond motifs is 4. The Kier molecular flexibility index (Phi) is 3.59. The van der Waals surface area contributed by atoms with Crippen molar-refractivity contribution < 1.29 is 17.6 Å². The Morgan fingerprint density at radius 3 is 2.78 bits per heavy atom. The van der Waals surface area contributed by atoms with Gasteiger partial charge < -0.3 is 4.90 Å². The first-order valence-electron chi connectivity index (χ1n) is 8.94. The summed E-state index contributed by atoms with van der Waals surface area (Å²) < 4.78 is 53.8. The van der Waals surface area contributed by atoms with Gasteiger partial charge in [-0.2, -0.15) is 18.3 Å². The number of hydrogen-bond donors (Lipinski definition) is 1. The summed E-state index contributed by atoms with van der Waals surface area (Å²) in [6.07, 6.45) is -0.908. The highest BCUT2D eigenvalue weighted by Crippen LogP contribution is 2.37. The molecule has 4 heterocycles. The van der Waals surface area contributed by atoms with Crippen molar-refractivity contribution in [3.63, 3.8) is 0 Å². The Morgan fingerprint density at radius 1 is 1.11 bits per heavy atom. The van der Waals surface area contributed by atoms with Crippen molar-refractivity contribution in [1.82, 2.24) is 20.1 Å². The van der Waals surface area contributed by atoms with E-state index in [2.05, 4.69) is 25.0 Å². The first kappa shape index (κ1) is 16.7. The summed E-state index contributed by atoms with van der Waals surface area (Å²) in [4.78, 5) is 8.96. The number of benzene rings is 1. The molecule has 1 atom stereocenters. The molecule has 5 nitrogen and oxygen atoms in total.